The minimum atomic E-state index is 0. The molecule has 0 atom stereocenters. The second kappa shape index (κ2) is 3.29. The van der Waals surface area contributed by atoms with Gasteiger partial charge in [0.25, 0.3) is 0 Å². The summed E-state index contributed by atoms with van der Waals surface area (Å²) >= 11 is 0. The molecule has 15 heavy (non-hydrogen) atoms. The Morgan fingerprint density at radius 2 is 2.20 bits per heavy atom. The van der Waals surface area contributed by atoms with E-state index in [9.17, 15) is 0 Å². The van der Waals surface area contributed by atoms with Gasteiger partial charge in [-0.25, -0.2) is 0 Å². The summed E-state index contributed by atoms with van der Waals surface area (Å²) in [6, 6.07) is 9.32. The van der Waals surface area contributed by atoms with Gasteiger partial charge in [-0.2, -0.15) is 12.1 Å². The van der Waals surface area contributed by atoms with E-state index in [4.69, 9.17) is 0 Å². The van der Waals surface area contributed by atoms with E-state index in [1.165, 1.54) is 5.56 Å². The van der Waals surface area contributed by atoms with Crippen LogP contribution in [0.4, 0.5) is 0 Å². The summed E-state index contributed by atoms with van der Waals surface area (Å²) < 4.78 is 2.23. The molecule has 0 N–H and O–H groups in total. The number of hydrogen-bond donors (Lipinski definition) is 0. The average Bonchev–Trinajstić information content (AvgIpc) is 2.72. The fourth-order valence-corrected chi connectivity index (χ4v) is 2.20. The molecule has 3 heterocycles. The van der Waals surface area contributed by atoms with Gasteiger partial charge in [-0.3, -0.25) is 0 Å². The summed E-state index contributed by atoms with van der Waals surface area (Å²) in [5.41, 5.74) is 3.47. The molecule has 0 saturated heterocycles. The molecule has 0 aromatic carbocycles. The quantitative estimate of drug-likeness (QED) is 0.647. The van der Waals surface area contributed by atoms with Crippen LogP contribution >= 0.6 is 0 Å². The number of aromatic nitrogens is 2. The molecule has 0 saturated carbocycles. The van der Waals surface area contributed by atoms with Crippen LogP contribution in [0, 0.1) is 6.07 Å². The van der Waals surface area contributed by atoms with E-state index >= 15 is 0 Å². The van der Waals surface area contributed by atoms with Crippen molar-refractivity contribution in [2.24, 2.45) is 0 Å². The Balaban J connectivity index is 0.000000853. The Kier molecular flexibility index (Phi) is 2.32. The Morgan fingerprint density at radius 3 is 3.00 bits per heavy atom. The number of rotatable bonds is 0. The Bertz CT molecular complexity index is 500. The SMILES string of the molecule is CC1(C)c2cccnc2-c2[c-]ccn21.[Ir]. The minimum Gasteiger partial charge on any atom is -0.412 e. The van der Waals surface area contributed by atoms with Crippen LogP contribution in [0.2, 0.25) is 0 Å². The number of hydrogen-bond acceptors (Lipinski definition) is 1. The minimum absolute atomic E-state index is 0. The Morgan fingerprint density at radius 1 is 1.40 bits per heavy atom. The largest absolute Gasteiger partial charge is 0.412 e. The molecule has 2 nitrogen and oxygen atoms in total. The van der Waals surface area contributed by atoms with Gasteiger partial charge >= 0.3 is 0 Å². The topological polar surface area (TPSA) is 17.8 Å². The van der Waals surface area contributed by atoms with E-state index in [2.05, 4.69) is 41.7 Å². The van der Waals surface area contributed by atoms with Gasteiger partial charge in [0.1, 0.15) is 0 Å². The van der Waals surface area contributed by atoms with Crippen LogP contribution in [0.3, 0.4) is 0 Å². The van der Waals surface area contributed by atoms with Crippen molar-refractivity contribution in [1.82, 2.24) is 9.55 Å². The molecule has 3 heteroatoms. The molecular formula is C12H11IrN2-. The van der Waals surface area contributed by atoms with Crippen molar-refractivity contribution in [3.8, 4) is 11.4 Å². The first kappa shape index (κ1) is 10.6. The third-order valence-corrected chi connectivity index (χ3v) is 2.98. The Labute approximate surface area is 103 Å². The van der Waals surface area contributed by atoms with E-state index < -0.39 is 0 Å². The molecule has 79 valence electrons. The molecule has 1 radical (unpaired) electrons. The van der Waals surface area contributed by atoms with Gasteiger partial charge in [-0.1, -0.05) is 23.5 Å². The number of nitrogens with zero attached hydrogens (tertiary/aromatic N) is 2. The molecule has 2 aromatic heterocycles. The van der Waals surface area contributed by atoms with Crippen LogP contribution in [0.5, 0.6) is 0 Å². The van der Waals surface area contributed by atoms with Crippen molar-refractivity contribution in [2.75, 3.05) is 0 Å². The van der Waals surface area contributed by atoms with E-state index in [-0.39, 0.29) is 25.6 Å². The van der Waals surface area contributed by atoms with Crippen LogP contribution in [0.25, 0.3) is 11.4 Å². The summed E-state index contributed by atoms with van der Waals surface area (Å²) in [4.78, 5) is 4.42. The second-order valence-corrected chi connectivity index (χ2v) is 4.14. The molecule has 0 unspecified atom stereocenters. The van der Waals surface area contributed by atoms with Crippen molar-refractivity contribution in [3.63, 3.8) is 0 Å². The van der Waals surface area contributed by atoms with Crippen molar-refractivity contribution < 1.29 is 20.1 Å². The molecule has 0 fully saturated rings. The second-order valence-electron chi connectivity index (χ2n) is 4.14. The van der Waals surface area contributed by atoms with Crippen LogP contribution < -0.4 is 0 Å². The fraction of sp³-hybridized carbons (Fsp3) is 0.250. The predicted molar refractivity (Wildman–Crippen MR) is 54.9 cm³/mol. The van der Waals surface area contributed by atoms with Crippen LogP contribution in [-0.2, 0) is 25.6 Å². The Hall–Kier alpha value is -0.921. The van der Waals surface area contributed by atoms with Crippen LogP contribution in [0.1, 0.15) is 19.4 Å². The third kappa shape index (κ3) is 1.23. The summed E-state index contributed by atoms with van der Waals surface area (Å²) in [5.74, 6) is 0. The van der Waals surface area contributed by atoms with Gasteiger partial charge in [-0.15, -0.1) is 0 Å². The number of fused-ring (bicyclic) bond motifs is 3. The van der Waals surface area contributed by atoms with E-state index in [0.29, 0.717) is 0 Å². The summed E-state index contributed by atoms with van der Waals surface area (Å²) in [6.07, 6.45) is 3.91. The summed E-state index contributed by atoms with van der Waals surface area (Å²) in [5, 5.41) is 0. The van der Waals surface area contributed by atoms with E-state index in [1.54, 1.807) is 0 Å². The molecule has 0 bridgehead atoms. The van der Waals surface area contributed by atoms with Crippen molar-refractivity contribution in [1.29, 1.82) is 0 Å². The molecule has 1 aliphatic heterocycles. The van der Waals surface area contributed by atoms with Gasteiger partial charge in [0.05, 0.1) is 0 Å². The van der Waals surface area contributed by atoms with Crippen molar-refractivity contribution >= 4 is 0 Å². The first-order chi connectivity index (χ1) is 6.71. The maximum atomic E-state index is 4.42. The maximum Gasteiger partial charge on any atom is 0.0417 e. The summed E-state index contributed by atoms with van der Waals surface area (Å²) in [7, 11) is 0. The third-order valence-electron chi connectivity index (χ3n) is 2.98. The molecule has 2 aromatic rings. The molecule has 1 aliphatic rings. The monoisotopic (exact) mass is 376 g/mol. The van der Waals surface area contributed by atoms with E-state index in [0.717, 1.165) is 11.4 Å². The first-order valence-corrected chi connectivity index (χ1v) is 4.76. The fourth-order valence-electron chi connectivity index (χ4n) is 2.20. The zero-order valence-corrected chi connectivity index (χ0v) is 11.0. The van der Waals surface area contributed by atoms with Gasteiger partial charge in [0.2, 0.25) is 0 Å². The molecule has 0 spiro atoms. The predicted octanol–water partition coefficient (Wildman–Crippen LogP) is 2.44. The summed E-state index contributed by atoms with van der Waals surface area (Å²) in [6.45, 7) is 4.41. The van der Waals surface area contributed by atoms with Crippen LogP contribution in [0.15, 0.2) is 30.6 Å². The standard InChI is InChI=1S/C12H11N2.Ir/c1-12(2)9-5-3-7-13-11(9)10-6-4-8-14(10)12;/h3-5,7-8H,1-2H3;/q-1;. The van der Waals surface area contributed by atoms with Crippen molar-refractivity contribution in [3.05, 3.63) is 42.2 Å². The van der Waals surface area contributed by atoms with E-state index in [1.807, 2.05) is 18.3 Å². The normalized spacial score (nSPS) is 15.3. The zero-order chi connectivity index (χ0) is 9.76. The zero-order valence-electron chi connectivity index (χ0n) is 8.61. The molecule has 3 rings (SSSR count). The van der Waals surface area contributed by atoms with Crippen LogP contribution in [-0.4, -0.2) is 9.55 Å². The maximum absolute atomic E-state index is 4.42. The smallest absolute Gasteiger partial charge is 0.0417 e. The van der Waals surface area contributed by atoms with Gasteiger partial charge in [0.15, 0.2) is 0 Å². The molecule has 0 aliphatic carbocycles. The first-order valence-electron chi connectivity index (χ1n) is 4.76. The number of pyridine rings is 1. The van der Waals surface area contributed by atoms with Crippen molar-refractivity contribution in [2.45, 2.75) is 19.4 Å². The van der Waals surface area contributed by atoms with Gasteiger partial charge in [-0.05, 0) is 25.6 Å². The molecular weight excluding hydrogens is 364 g/mol. The van der Waals surface area contributed by atoms with Gasteiger partial charge < -0.3 is 9.55 Å². The molecule has 0 amide bonds. The average molecular weight is 375 g/mol. The van der Waals surface area contributed by atoms with Gasteiger partial charge in [0, 0.05) is 31.8 Å².